The first kappa shape index (κ1) is 26.9. The predicted molar refractivity (Wildman–Crippen MR) is 147 cm³/mol. The number of aryl methyl sites for hydroxylation is 1. The maximum atomic E-state index is 13.4. The van der Waals surface area contributed by atoms with Crippen molar-refractivity contribution in [2.24, 2.45) is 0 Å². The highest BCUT2D eigenvalue weighted by Crippen LogP contribution is 2.41. The molecule has 0 saturated carbocycles. The Morgan fingerprint density at radius 3 is 2.32 bits per heavy atom. The molecule has 4 rings (SSSR count). The molecule has 1 aliphatic heterocycles. The van der Waals surface area contributed by atoms with Gasteiger partial charge in [0.15, 0.2) is 0 Å². The van der Waals surface area contributed by atoms with E-state index in [0.717, 1.165) is 18.7 Å². The van der Waals surface area contributed by atoms with Crippen LogP contribution in [0.15, 0.2) is 78.4 Å². The summed E-state index contributed by atoms with van der Waals surface area (Å²) < 4.78 is 11.4. The van der Waals surface area contributed by atoms with Crippen LogP contribution in [-0.4, -0.2) is 59.9 Å². The fourth-order valence-corrected chi connectivity index (χ4v) is 4.80. The number of amides is 1. The van der Waals surface area contributed by atoms with Gasteiger partial charge in [0.25, 0.3) is 11.7 Å². The van der Waals surface area contributed by atoms with Crippen LogP contribution in [0.25, 0.3) is 5.76 Å². The second-order valence-electron chi connectivity index (χ2n) is 9.19. The van der Waals surface area contributed by atoms with Crippen LogP contribution in [0.5, 0.6) is 17.2 Å². The molecule has 7 heteroatoms. The predicted octanol–water partition coefficient (Wildman–Crippen LogP) is 5.56. The summed E-state index contributed by atoms with van der Waals surface area (Å²) in [5, 5.41) is 11.4. The zero-order valence-electron chi connectivity index (χ0n) is 22.3. The summed E-state index contributed by atoms with van der Waals surface area (Å²) in [7, 11) is 1.58. The second kappa shape index (κ2) is 12.0. The van der Waals surface area contributed by atoms with Crippen LogP contribution in [0.2, 0.25) is 0 Å². The van der Waals surface area contributed by atoms with Crippen molar-refractivity contribution in [3.05, 3.63) is 95.1 Å². The monoisotopic (exact) mass is 514 g/mol. The average Bonchev–Trinajstić information content (AvgIpc) is 3.19. The van der Waals surface area contributed by atoms with Gasteiger partial charge in [-0.05, 0) is 73.6 Å². The number of para-hydroxylation sites is 1. The number of carbonyl (C=O) groups is 2. The van der Waals surface area contributed by atoms with Crippen molar-refractivity contribution in [1.29, 1.82) is 0 Å². The molecular weight excluding hydrogens is 480 g/mol. The Hall–Kier alpha value is -4.10. The summed E-state index contributed by atoms with van der Waals surface area (Å²) in [6.07, 6.45) is 0. The zero-order chi connectivity index (χ0) is 27.2. The van der Waals surface area contributed by atoms with Gasteiger partial charge in [-0.25, -0.2) is 0 Å². The fraction of sp³-hybridized carbons (Fsp3) is 0.290. The Morgan fingerprint density at radius 2 is 1.66 bits per heavy atom. The van der Waals surface area contributed by atoms with Gasteiger partial charge in [0, 0.05) is 18.7 Å². The SMILES string of the molecule is CCN(CC)CCN1C(=O)C(=O)C(=C(O)c2ccc(OC)c(C)c2)[C@@H]1c1cccc(Oc2ccccc2)c1. The lowest BCUT2D eigenvalue weighted by molar-refractivity contribution is -0.140. The first-order chi connectivity index (χ1) is 18.4. The molecule has 0 aliphatic carbocycles. The first-order valence-electron chi connectivity index (χ1n) is 12.9. The zero-order valence-corrected chi connectivity index (χ0v) is 22.3. The van der Waals surface area contributed by atoms with Crippen molar-refractivity contribution in [1.82, 2.24) is 9.80 Å². The van der Waals surface area contributed by atoms with E-state index in [1.165, 1.54) is 0 Å². The Labute approximate surface area is 223 Å². The maximum Gasteiger partial charge on any atom is 0.295 e. The number of carbonyl (C=O) groups excluding carboxylic acids is 2. The normalized spacial score (nSPS) is 16.8. The number of rotatable bonds is 10. The lowest BCUT2D eigenvalue weighted by Crippen LogP contribution is -2.38. The molecular formula is C31H34N2O5. The number of ketones is 1. The smallest absolute Gasteiger partial charge is 0.295 e. The van der Waals surface area contributed by atoms with Gasteiger partial charge in [-0.2, -0.15) is 0 Å². The molecule has 38 heavy (non-hydrogen) atoms. The number of aliphatic hydroxyl groups is 1. The summed E-state index contributed by atoms with van der Waals surface area (Å²) >= 11 is 0. The average molecular weight is 515 g/mol. The molecule has 1 amide bonds. The van der Waals surface area contributed by atoms with Crippen LogP contribution >= 0.6 is 0 Å². The molecule has 0 aromatic heterocycles. The third-order valence-corrected chi connectivity index (χ3v) is 6.91. The third-order valence-electron chi connectivity index (χ3n) is 6.91. The number of nitrogens with zero attached hydrogens (tertiary/aromatic N) is 2. The Kier molecular flexibility index (Phi) is 8.48. The van der Waals surface area contributed by atoms with Crippen molar-refractivity contribution >= 4 is 17.4 Å². The number of methoxy groups -OCH3 is 1. The summed E-state index contributed by atoms with van der Waals surface area (Å²) in [4.78, 5) is 30.5. The molecule has 3 aromatic carbocycles. The molecule has 198 valence electrons. The molecule has 0 spiro atoms. The molecule has 1 heterocycles. The summed E-state index contributed by atoms with van der Waals surface area (Å²) in [6.45, 7) is 8.60. The van der Waals surface area contributed by atoms with Gasteiger partial charge in [0.2, 0.25) is 0 Å². The van der Waals surface area contributed by atoms with Crippen molar-refractivity contribution in [3.63, 3.8) is 0 Å². The number of likely N-dealkylation sites (N-methyl/N-ethyl adjacent to an activating group) is 1. The molecule has 0 radical (unpaired) electrons. The summed E-state index contributed by atoms with van der Waals surface area (Å²) in [5.74, 6) is 0.387. The van der Waals surface area contributed by atoms with Gasteiger partial charge >= 0.3 is 0 Å². The first-order valence-corrected chi connectivity index (χ1v) is 12.9. The van der Waals surface area contributed by atoms with Crippen LogP contribution in [-0.2, 0) is 9.59 Å². The van der Waals surface area contributed by atoms with Crippen molar-refractivity contribution in [2.75, 3.05) is 33.3 Å². The topological polar surface area (TPSA) is 79.3 Å². The molecule has 1 fully saturated rings. The molecule has 0 bridgehead atoms. The van der Waals surface area contributed by atoms with E-state index >= 15 is 0 Å². The molecule has 1 atom stereocenters. The third kappa shape index (κ3) is 5.58. The van der Waals surface area contributed by atoms with E-state index < -0.39 is 17.7 Å². The van der Waals surface area contributed by atoms with Gasteiger partial charge < -0.3 is 24.4 Å². The van der Waals surface area contributed by atoms with Gasteiger partial charge in [0.1, 0.15) is 23.0 Å². The van der Waals surface area contributed by atoms with Gasteiger partial charge in [-0.15, -0.1) is 0 Å². The number of benzene rings is 3. The van der Waals surface area contributed by atoms with E-state index in [9.17, 15) is 14.7 Å². The van der Waals surface area contributed by atoms with Crippen molar-refractivity contribution < 1.29 is 24.2 Å². The van der Waals surface area contributed by atoms with Crippen molar-refractivity contribution in [3.8, 4) is 17.2 Å². The molecule has 3 aromatic rings. The highest BCUT2D eigenvalue weighted by atomic mass is 16.5. The maximum absolute atomic E-state index is 13.4. The highest BCUT2D eigenvalue weighted by molar-refractivity contribution is 6.46. The van der Waals surface area contributed by atoms with Crippen LogP contribution in [0.4, 0.5) is 0 Å². The molecule has 1 saturated heterocycles. The Morgan fingerprint density at radius 1 is 0.947 bits per heavy atom. The number of hydrogen-bond donors (Lipinski definition) is 1. The number of Topliss-reactive ketones (excluding diaryl/α,β-unsaturated/α-hetero) is 1. The van der Waals surface area contributed by atoms with Gasteiger partial charge in [-0.3, -0.25) is 9.59 Å². The minimum absolute atomic E-state index is 0.0657. The van der Waals surface area contributed by atoms with E-state index in [2.05, 4.69) is 18.7 Å². The largest absolute Gasteiger partial charge is 0.507 e. The van der Waals surface area contributed by atoms with Crippen LogP contribution in [0.1, 0.15) is 36.6 Å². The molecule has 1 N–H and O–H groups in total. The summed E-state index contributed by atoms with van der Waals surface area (Å²) in [6, 6.07) is 21.2. The van der Waals surface area contributed by atoms with Gasteiger partial charge in [-0.1, -0.05) is 44.2 Å². The fourth-order valence-electron chi connectivity index (χ4n) is 4.80. The summed E-state index contributed by atoms with van der Waals surface area (Å²) in [5.41, 5.74) is 2.01. The lowest BCUT2D eigenvalue weighted by atomic mass is 9.94. The Balaban J connectivity index is 1.80. The lowest BCUT2D eigenvalue weighted by Gasteiger charge is -2.28. The number of ether oxygens (including phenoxy) is 2. The number of likely N-dealkylation sites (tertiary alicyclic amines) is 1. The van der Waals surface area contributed by atoms with E-state index in [1.54, 1.807) is 30.2 Å². The minimum atomic E-state index is -0.757. The standard InChI is InChI=1S/C31H34N2O5/c1-5-32(6-2)17-18-33-28(22-11-10-14-25(20-22)38-24-12-8-7-9-13-24)27(30(35)31(33)36)29(34)23-15-16-26(37-4)21(3)19-23/h7-16,19-20,28,34H,5-6,17-18H2,1-4H3/t28-/m0/s1. The van der Waals surface area contributed by atoms with E-state index in [0.29, 0.717) is 41.5 Å². The molecule has 0 unspecified atom stereocenters. The quantitative estimate of drug-likeness (QED) is 0.217. The van der Waals surface area contributed by atoms with E-state index in [-0.39, 0.29) is 11.3 Å². The van der Waals surface area contributed by atoms with Crippen molar-refractivity contribution in [2.45, 2.75) is 26.8 Å². The van der Waals surface area contributed by atoms with E-state index in [4.69, 9.17) is 9.47 Å². The minimum Gasteiger partial charge on any atom is -0.507 e. The molecule has 1 aliphatic rings. The highest BCUT2D eigenvalue weighted by Gasteiger charge is 2.46. The Bertz CT molecular complexity index is 1330. The van der Waals surface area contributed by atoms with E-state index in [1.807, 2.05) is 61.5 Å². The number of aliphatic hydroxyl groups excluding tert-OH is 1. The second-order valence-corrected chi connectivity index (χ2v) is 9.19. The number of hydrogen-bond acceptors (Lipinski definition) is 6. The van der Waals surface area contributed by atoms with Gasteiger partial charge in [0.05, 0.1) is 18.7 Å². The van der Waals surface area contributed by atoms with Crippen LogP contribution < -0.4 is 9.47 Å². The molecule has 7 nitrogen and oxygen atoms in total. The van der Waals surface area contributed by atoms with Crippen LogP contribution in [0, 0.1) is 6.92 Å². The van der Waals surface area contributed by atoms with Crippen LogP contribution in [0.3, 0.4) is 0 Å².